The van der Waals surface area contributed by atoms with Gasteiger partial charge in [0.25, 0.3) is 5.56 Å². The molecular weight excluding hydrogens is 262 g/mol. The van der Waals surface area contributed by atoms with E-state index in [1.165, 1.54) is 22.4 Å². The molecule has 1 unspecified atom stereocenters. The van der Waals surface area contributed by atoms with E-state index in [4.69, 9.17) is 5.73 Å². The summed E-state index contributed by atoms with van der Waals surface area (Å²) in [5.74, 6) is 0.786. The van der Waals surface area contributed by atoms with Crippen LogP contribution in [0, 0.1) is 0 Å². The van der Waals surface area contributed by atoms with E-state index in [0.717, 1.165) is 0 Å². The van der Waals surface area contributed by atoms with E-state index in [-0.39, 0.29) is 28.9 Å². The number of thioether (sulfide) groups is 1. The smallest absolute Gasteiger partial charge is 0.256 e. The average Bonchev–Trinajstić information content (AvgIpc) is 2.60. The molecule has 0 radical (unpaired) electrons. The molecule has 1 aliphatic rings. The van der Waals surface area contributed by atoms with Crippen molar-refractivity contribution < 1.29 is 8.42 Å². The van der Waals surface area contributed by atoms with Crippen LogP contribution >= 0.6 is 11.8 Å². The number of fused-ring (bicyclic) bond motifs is 1. The second-order valence-corrected chi connectivity index (χ2v) is 7.22. The number of rotatable bonds is 3. The van der Waals surface area contributed by atoms with Gasteiger partial charge in [0.15, 0.2) is 15.0 Å². The molecule has 0 amide bonds. The molecule has 1 aromatic heterocycles. The quantitative estimate of drug-likeness (QED) is 0.774. The Balaban J connectivity index is 2.38. The summed E-state index contributed by atoms with van der Waals surface area (Å²) in [5.41, 5.74) is 5.19. The summed E-state index contributed by atoms with van der Waals surface area (Å²) in [6.45, 7) is 1.60. The van der Waals surface area contributed by atoms with Crippen LogP contribution in [0.5, 0.6) is 0 Å². The third-order valence-electron chi connectivity index (χ3n) is 2.60. The fourth-order valence-corrected chi connectivity index (χ4v) is 4.10. The molecule has 0 bridgehead atoms. The minimum atomic E-state index is -3.10. The molecule has 2 heterocycles. The summed E-state index contributed by atoms with van der Waals surface area (Å²) in [5, 5.41) is 0.506. The molecule has 0 aromatic carbocycles. The van der Waals surface area contributed by atoms with Crippen molar-refractivity contribution in [3.8, 4) is 0 Å². The van der Waals surface area contributed by atoms with Crippen molar-refractivity contribution in [1.82, 2.24) is 9.55 Å². The largest absolute Gasteiger partial charge is 0.383 e. The molecule has 94 valence electrons. The van der Waals surface area contributed by atoms with Crippen LogP contribution in [-0.2, 0) is 9.84 Å². The van der Waals surface area contributed by atoms with Gasteiger partial charge in [-0.3, -0.25) is 9.36 Å². The number of aromatic nitrogens is 2. The van der Waals surface area contributed by atoms with Gasteiger partial charge in [-0.2, -0.15) is 0 Å². The van der Waals surface area contributed by atoms with E-state index in [0.29, 0.717) is 10.9 Å². The molecule has 1 aromatic rings. The van der Waals surface area contributed by atoms with Crippen molar-refractivity contribution in [2.45, 2.75) is 18.1 Å². The Morgan fingerprint density at radius 1 is 1.65 bits per heavy atom. The summed E-state index contributed by atoms with van der Waals surface area (Å²) in [6, 6.07) is 0.890. The molecule has 1 atom stereocenters. The second kappa shape index (κ2) is 4.34. The Morgan fingerprint density at radius 2 is 2.35 bits per heavy atom. The van der Waals surface area contributed by atoms with Gasteiger partial charge >= 0.3 is 0 Å². The predicted molar refractivity (Wildman–Crippen MR) is 67.0 cm³/mol. The lowest BCUT2D eigenvalue weighted by Crippen LogP contribution is -2.29. The molecule has 0 spiro atoms. The summed E-state index contributed by atoms with van der Waals surface area (Å²) in [6.07, 6.45) is 0. The van der Waals surface area contributed by atoms with Crippen molar-refractivity contribution in [2.24, 2.45) is 0 Å². The van der Waals surface area contributed by atoms with Crippen LogP contribution in [0.1, 0.15) is 13.0 Å². The van der Waals surface area contributed by atoms with Crippen molar-refractivity contribution in [2.75, 3.05) is 23.0 Å². The van der Waals surface area contributed by atoms with E-state index in [2.05, 4.69) is 4.98 Å². The number of sulfone groups is 1. The molecule has 2 N–H and O–H groups in total. The Hall–Kier alpha value is -1.02. The number of nitrogen functional groups attached to an aromatic ring is 1. The van der Waals surface area contributed by atoms with Gasteiger partial charge < -0.3 is 5.73 Å². The second-order valence-electron chi connectivity index (χ2n) is 3.84. The van der Waals surface area contributed by atoms with Crippen LogP contribution < -0.4 is 11.3 Å². The maximum atomic E-state index is 11.8. The highest BCUT2D eigenvalue weighted by molar-refractivity contribution is 7.99. The van der Waals surface area contributed by atoms with Crippen LogP contribution in [0.3, 0.4) is 0 Å². The standard InChI is InChI=1S/C9H13N3O3S2/c1-2-17(14,15)5-6-4-16-9-11-7(10)3-8(13)12(6)9/h3,6H,2,4-5,10H2,1H3. The van der Waals surface area contributed by atoms with E-state index >= 15 is 0 Å². The van der Waals surface area contributed by atoms with Crippen LogP contribution in [0.4, 0.5) is 5.82 Å². The third kappa shape index (κ3) is 2.47. The van der Waals surface area contributed by atoms with Gasteiger partial charge in [-0.15, -0.1) is 0 Å². The van der Waals surface area contributed by atoms with Gasteiger partial charge in [0.1, 0.15) is 5.82 Å². The lowest BCUT2D eigenvalue weighted by atomic mass is 10.4. The zero-order valence-corrected chi connectivity index (χ0v) is 10.9. The molecule has 17 heavy (non-hydrogen) atoms. The average molecular weight is 275 g/mol. The van der Waals surface area contributed by atoms with Crippen molar-refractivity contribution in [1.29, 1.82) is 0 Å². The molecule has 8 heteroatoms. The van der Waals surface area contributed by atoms with Gasteiger partial charge in [-0.1, -0.05) is 18.7 Å². The monoisotopic (exact) mass is 275 g/mol. The number of anilines is 1. The SMILES string of the molecule is CCS(=O)(=O)CC1CSc2nc(N)cc(=O)n21. The first-order valence-corrected chi connectivity index (χ1v) is 7.96. The van der Waals surface area contributed by atoms with E-state index < -0.39 is 9.84 Å². The van der Waals surface area contributed by atoms with Gasteiger partial charge in [-0.25, -0.2) is 13.4 Å². The van der Waals surface area contributed by atoms with Crippen LogP contribution in [-0.4, -0.2) is 35.2 Å². The van der Waals surface area contributed by atoms with Crippen LogP contribution in [0.25, 0.3) is 0 Å². The number of nitrogens with zero attached hydrogens (tertiary/aromatic N) is 2. The minimum Gasteiger partial charge on any atom is -0.383 e. The zero-order valence-electron chi connectivity index (χ0n) is 9.29. The van der Waals surface area contributed by atoms with Crippen molar-refractivity contribution in [3.05, 3.63) is 16.4 Å². The first-order valence-electron chi connectivity index (χ1n) is 5.15. The molecule has 0 saturated carbocycles. The maximum absolute atomic E-state index is 11.8. The predicted octanol–water partition coefficient (Wildman–Crippen LogP) is -0.0930. The van der Waals surface area contributed by atoms with E-state index in [1.54, 1.807) is 6.92 Å². The van der Waals surface area contributed by atoms with Gasteiger partial charge in [0.05, 0.1) is 11.8 Å². The van der Waals surface area contributed by atoms with Gasteiger partial charge in [-0.05, 0) is 0 Å². The topological polar surface area (TPSA) is 95.1 Å². The van der Waals surface area contributed by atoms with Crippen molar-refractivity contribution in [3.63, 3.8) is 0 Å². The minimum absolute atomic E-state index is 0.0188. The first kappa shape index (κ1) is 12.4. The summed E-state index contributed by atoms with van der Waals surface area (Å²) in [7, 11) is -3.10. The summed E-state index contributed by atoms with van der Waals surface area (Å²) < 4.78 is 24.6. The highest BCUT2D eigenvalue weighted by Crippen LogP contribution is 2.31. The lowest BCUT2D eigenvalue weighted by molar-refractivity contribution is 0.528. The van der Waals surface area contributed by atoms with Crippen LogP contribution in [0.15, 0.2) is 16.0 Å². The Bertz CT molecular complexity index is 594. The molecule has 0 aliphatic carbocycles. The third-order valence-corrected chi connectivity index (χ3v) is 5.47. The molecule has 0 saturated heterocycles. The molecular formula is C9H13N3O3S2. The highest BCUT2D eigenvalue weighted by Gasteiger charge is 2.29. The molecule has 0 fully saturated rings. The number of nitrogens with two attached hydrogens (primary N) is 1. The normalized spacial score (nSPS) is 19.2. The zero-order chi connectivity index (χ0) is 12.6. The Labute approximate surface area is 103 Å². The van der Waals surface area contributed by atoms with Gasteiger partial charge in [0.2, 0.25) is 0 Å². The summed E-state index contributed by atoms with van der Waals surface area (Å²) >= 11 is 1.36. The molecule has 1 aliphatic heterocycles. The maximum Gasteiger partial charge on any atom is 0.256 e. The van der Waals surface area contributed by atoms with Crippen LogP contribution in [0.2, 0.25) is 0 Å². The number of hydrogen-bond acceptors (Lipinski definition) is 6. The van der Waals surface area contributed by atoms with E-state index in [9.17, 15) is 13.2 Å². The highest BCUT2D eigenvalue weighted by atomic mass is 32.2. The Kier molecular flexibility index (Phi) is 3.17. The Morgan fingerprint density at radius 3 is 3.00 bits per heavy atom. The van der Waals surface area contributed by atoms with Gasteiger partial charge in [0, 0.05) is 17.6 Å². The van der Waals surface area contributed by atoms with Crippen molar-refractivity contribution >= 4 is 27.4 Å². The number of hydrogen-bond donors (Lipinski definition) is 1. The fourth-order valence-electron chi connectivity index (χ4n) is 1.70. The molecule has 6 nitrogen and oxygen atoms in total. The first-order chi connectivity index (χ1) is 7.93. The fraction of sp³-hybridized carbons (Fsp3) is 0.556. The van der Waals surface area contributed by atoms with E-state index in [1.807, 2.05) is 0 Å². The lowest BCUT2D eigenvalue weighted by Gasteiger charge is -2.12. The molecule has 2 rings (SSSR count). The summed E-state index contributed by atoms with van der Waals surface area (Å²) in [4.78, 5) is 15.8.